The number of anilines is 1. The summed E-state index contributed by atoms with van der Waals surface area (Å²) in [6.07, 6.45) is 0.955. The second-order valence-corrected chi connectivity index (χ2v) is 7.09. The van der Waals surface area contributed by atoms with Gasteiger partial charge in [0.05, 0.1) is 20.1 Å². The van der Waals surface area contributed by atoms with Crippen LogP contribution in [0.5, 0.6) is 12.0 Å². The maximum Gasteiger partial charge on any atom is 0.324 e. The Balaban J connectivity index is 1.40. The number of carbonyl (C=O) groups is 1. The number of hydrogen-bond acceptors (Lipinski definition) is 8. The predicted molar refractivity (Wildman–Crippen MR) is 92.1 cm³/mol. The average molecular weight is 361 g/mol. The van der Waals surface area contributed by atoms with E-state index in [0.717, 1.165) is 19.5 Å². The summed E-state index contributed by atoms with van der Waals surface area (Å²) in [6.45, 7) is 2.72. The van der Waals surface area contributed by atoms with Gasteiger partial charge in [0.2, 0.25) is 11.9 Å². The van der Waals surface area contributed by atoms with E-state index in [-0.39, 0.29) is 23.8 Å². The van der Waals surface area contributed by atoms with Crippen molar-refractivity contribution in [3.8, 4) is 12.0 Å². The first-order valence-corrected chi connectivity index (χ1v) is 8.99. The van der Waals surface area contributed by atoms with Crippen molar-refractivity contribution in [3.63, 3.8) is 0 Å². The van der Waals surface area contributed by atoms with E-state index in [1.807, 2.05) is 9.80 Å². The quantitative estimate of drug-likeness (QED) is 0.803. The van der Waals surface area contributed by atoms with Gasteiger partial charge in [-0.25, -0.2) is 0 Å². The first-order valence-electron chi connectivity index (χ1n) is 8.11. The number of thiophene rings is 1. The van der Waals surface area contributed by atoms with Gasteiger partial charge in [0.25, 0.3) is 0 Å². The Morgan fingerprint density at radius 1 is 1.20 bits per heavy atom. The van der Waals surface area contributed by atoms with Crippen molar-refractivity contribution in [3.05, 3.63) is 21.9 Å². The number of fused-ring (bicyclic) bond motifs is 1. The third-order valence-electron chi connectivity index (χ3n) is 4.58. The minimum absolute atomic E-state index is 0.0195. The Morgan fingerprint density at radius 2 is 1.92 bits per heavy atom. The van der Waals surface area contributed by atoms with E-state index in [1.165, 1.54) is 24.7 Å². The summed E-state index contributed by atoms with van der Waals surface area (Å²) in [5.41, 5.74) is 1.28. The largest absolute Gasteiger partial charge is 0.467 e. The van der Waals surface area contributed by atoms with E-state index in [2.05, 4.69) is 26.4 Å². The summed E-state index contributed by atoms with van der Waals surface area (Å²) in [5, 5.41) is 2.10. The number of nitrogens with zero attached hydrogens (tertiary/aromatic N) is 5. The highest BCUT2D eigenvalue weighted by Gasteiger charge is 2.38. The van der Waals surface area contributed by atoms with Crippen LogP contribution in [0.3, 0.4) is 0 Å². The van der Waals surface area contributed by atoms with Gasteiger partial charge in [0.15, 0.2) is 0 Å². The molecule has 0 aromatic carbocycles. The average Bonchev–Trinajstić information content (AvgIpc) is 3.07. The molecule has 0 bridgehead atoms. The van der Waals surface area contributed by atoms with Gasteiger partial charge in [-0.15, -0.1) is 16.3 Å². The second kappa shape index (κ2) is 6.47. The van der Waals surface area contributed by atoms with Crippen LogP contribution >= 0.6 is 11.3 Å². The lowest BCUT2D eigenvalue weighted by molar-refractivity contribution is -0.137. The number of ether oxygens (including phenoxy) is 2. The predicted octanol–water partition coefficient (Wildman–Crippen LogP) is 0.971. The van der Waals surface area contributed by atoms with Gasteiger partial charge in [-0.05, 0) is 23.4 Å². The number of rotatable bonds is 4. The Bertz CT molecular complexity index is 768. The van der Waals surface area contributed by atoms with Gasteiger partial charge in [-0.1, -0.05) is 0 Å². The van der Waals surface area contributed by atoms with Crippen LogP contribution in [-0.4, -0.2) is 59.6 Å². The molecule has 132 valence electrons. The maximum absolute atomic E-state index is 12.7. The SMILES string of the molecule is COc1nc(OC)nc(N2CC(C(=O)N3CCc4sccc4C3)C2)n1. The van der Waals surface area contributed by atoms with Crippen LogP contribution in [0.1, 0.15) is 10.4 Å². The van der Waals surface area contributed by atoms with Gasteiger partial charge < -0.3 is 19.3 Å². The number of aromatic nitrogens is 3. The molecule has 4 rings (SSSR count). The minimum Gasteiger partial charge on any atom is -0.467 e. The summed E-state index contributed by atoms with van der Waals surface area (Å²) in [4.78, 5) is 30.5. The molecular weight excluding hydrogens is 342 g/mol. The van der Waals surface area contributed by atoms with E-state index in [0.29, 0.717) is 19.0 Å². The highest BCUT2D eigenvalue weighted by Crippen LogP contribution is 2.29. The molecule has 9 heteroatoms. The van der Waals surface area contributed by atoms with Crippen LogP contribution in [0.2, 0.25) is 0 Å². The van der Waals surface area contributed by atoms with Crippen molar-refractivity contribution >= 4 is 23.2 Å². The van der Waals surface area contributed by atoms with Crippen LogP contribution in [0.25, 0.3) is 0 Å². The number of carbonyl (C=O) groups excluding carboxylic acids is 1. The Morgan fingerprint density at radius 3 is 2.60 bits per heavy atom. The molecule has 0 aliphatic carbocycles. The third-order valence-corrected chi connectivity index (χ3v) is 5.60. The summed E-state index contributed by atoms with van der Waals surface area (Å²) in [5.74, 6) is 0.668. The topological polar surface area (TPSA) is 80.7 Å². The van der Waals surface area contributed by atoms with Crippen LogP contribution in [-0.2, 0) is 17.8 Å². The fourth-order valence-corrected chi connectivity index (χ4v) is 4.03. The summed E-state index contributed by atoms with van der Waals surface area (Å²) < 4.78 is 10.1. The standard InChI is InChI=1S/C16H19N5O3S/c1-23-15-17-14(18-16(19-15)24-2)21-8-11(9-21)13(22)20-5-3-12-10(7-20)4-6-25-12/h4,6,11H,3,5,7-9H2,1-2H3. The molecule has 0 radical (unpaired) electrons. The zero-order valence-electron chi connectivity index (χ0n) is 14.1. The molecular formula is C16H19N5O3S. The van der Waals surface area contributed by atoms with Crippen molar-refractivity contribution in [2.75, 3.05) is 38.8 Å². The van der Waals surface area contributed by atoms with Crippen LogP contribution in [0, 0.1) is 5.92 Å². The molecule has 2 aromatic heterocycles. The van der Waals surface area contributed by atoms with Crippen LogP contribution in [0.4, 0.5) is 5.95 Å². The second-order valence-electron chi connectivity index (χ2n) is 6.09. The minimum atomic E-state index is -0.0195. The fraction of sp³-hybridized carbons (Fsp3) is 0.500. The lowest BCUT2D eigenvalue weighted by Gasteiger charge is -2.41. The summed E-state index contributed by atoms with van der Waals surface area (Å²) >= 11 is 1.78. The third kappa shape index (κ3) is 2.99. The van der Waals surface area contributed by atoms with Gasteiger partial charge in [0.1, 0.15) is 0 Å². The molecule has 8 nitrogen and oxygen atoms in total. The van der Waals surface area contributed by atoms with Crippen molar-refractivity contribution in [2.45, 2.75) is 13.0 Å². The Labute approximate surface area is 149 Å². The maximum atomic E-state index is 12.7. The first-order chi connectivity index (χ1) is 12.2. The van der Waals surface area contributed by atoms with Gasteiger partial charge in [0, 0.05) is 31.1 Å². The number of hydrogen-bond donors (Lipinski definition) is 0. The highest BCUT2D eigenvalue weighted by molar-refractivity contribution is 7.10. The van der Waals surface area contributed by atoms with Crippen molar-refractivity contribution in [2.24, 2.45) is 5.92 Å². The first kappa shape index (κ1) is 16.1. The smallest absolute Gasteiger partial charge is 0.324 e. The van der Waals surface area contributed by atoms with Crippen molar-refractivity contribution < 1.29 is 14.3 Å². The Hall–Kier alpha value is -2.42. The molecule has 1 saturated heterocycles. The molecule has 0 unspecified atom stereocenters. The molecule has 4 heterocycles. The van der Waals surface area contributed by atoms with E-state index < -0.39 is 0 Å². The fourth-order valence-electron chi connectivity index (χ4n) is 3.14. The lowest BCUT2D eigenvalue weighted by atomic mass is 9.97. The lowest BCUT2D eigenvalue weighted by Crippen LogP contribution is -2.55. The monoisotopic (exact) mass is 361 g/mol. The van der Waals surface area contributed by atoms with E-state index >= 15 is 0 Å². The molecule has 1 amide bonds. The zero-order valence-corrected chi connectivity index (χ0v) is 15.0. The summed E-state index contributed by atoms with van der Waals surface area (Å²) in [7, 11) is 2.99. The highest BCUT2D eigenvalue weighted by atomic mass is 32.1. The van der Waals surface area contributed by atoms with Gasteiger partial charge >= 0.3 is 12.0 Å². The van der Waals surface area contributed by atoms with Crippen molar-refractivity contribution in [1.82, 2.24) is 19.9 Å². The normalized spacial score (nSPS) is 17.0. The van der Waals surface area contributed by atoms with Crippen LogP contribution < -0.4 is 14.4 Å². The van der Waals surface area contributed by atoms with E-state index in [4.69, 9.17) is 9.47 Å². The zero-order chi connectivity index (χ0) is 17.4. The van der Waals surface area contributed by atoms with E-state index in [9.17, 15) is 4.79 Å². The number of methoxy groups -OCH3 is 2. The Kier molecular flexibility index (Phi) is 4.16. The van der Waals surface area contributed by atoms with Gasteiger partial charge in [-0.2, -0.15) is 9.97 Å². The number of amides is 1. The molecule has 2 aromatic rings. The van der Waals surface area contributed by atoms with E-state index in [1.54, 1.807) is 11.3 Å². The molecule has 0 saturated carbocycles. The molecule has 25 heavy (non-hydrogen) atoms. The molecule has 2 aliphatic rings. The summed E-state index contributed by atoms with van der Waals surface area (Å²) in [6, 6.07) is 2.53. The van der Waals surface area contributed by atoms with Crippen LogP contribution in [0.15, 0.2) is 11.4 Å². The molecule has 1 fully saturated rings. The molecule has 2 aliphatic heterocycles. The van der Waals surface area contributed by atoms with Gasteiger partial charge in [-0.3, -0.25) is 4.79 Å². The molecule has 0 atom stereocenters. The van der Waals surface area contributed by atoms with Crippen molar-refractivity contribution in [1.29, 1.82) is 0 Å². The molecule has 0 spiro atoms. The molecule has 0 N–H and O–H groups in total.